The van der Waals surface area contributed by atoms with Gasteiger partial charge in [-0.25, -0.2) is 0 Å². The Bertz CT molecular complexity index is 351. The molecule has 3 heteroatoms. The molecular weight excluding hydrogens is 190 g/mol. The molecule has 0 spiro atoms. The van der Waals surface area contributed by atoms with Crippen molar-refractivity contribution in [1.82, 2.24) is 0 Å². The highest BCUT2D eigenvalue weighted by molar-refractivity contribution is 5.64. The van der Waals surface area contributed by atoms with Gasteiger partial charge < -0.3 is 14.8 Å². The van der Waals surface area contributed by atoms with Crippen LogP contribution in [-0.2, 0) is 4.74 Å². The Balaban J connectivity index is 2.45. The molecule has 2 atom stereocenters. The number of ether oxygens (including phenoxy) is 2. The summed E-state index contributed by atoms with van der Waals surface area (Å²) in [6.07, 6.45) is 0.163. The average Bonchev–Trinajstić information content (AvgIpc) is 2.28. The smallest absolute Gasteiger partial charge is 0.142 e. The lowest BCUT2D eigenvalue weighted by molar-refractivity contribution is 0.0594. The lowest BCUT2D eigenvalue weighted by Crippen LogP contribution is -2.27. The van der Waals surface area contributed by atoms with E-state index in [-0.39, 0.29) is 6.10 Å². The van der Waals surface area contributed by atoms with E-state index in [1.54, 1.807) is 14.2 Å². The normalized spacial score (nSPS) is 24.2. The molecule has 2 unspecified atom stereocenters. The second-order valence-electron chi connectivity index (χ2n) is 3.94. The van der Waals surface area contributed by atoms with Crippen LogP contribution in [0.25, 0.3) is 0 Å². The number of benzene rings is 1. The molecule has 1 aliphatic rings. The summed E-state index contributed by atoms with van der Waals surface area (Å²) < 4.78 is 10.9. The van der Waals surface area contributed by atoms with Crippen LogP contribution >= 0.6 is 0 Å². The zero-order valence-corrected chi connectivity index (χ0v) is 9.41. The number of rotatable bonds is 2. The summed E-state index contributed by atoms with van der Waals surface area (Å²) in [6.45, 7) is 3.11. The fourth-order valence-electron chi connectivity index (χ4n) is 2.18. The third-order valence-corrected chi connectivity index (χ3v) is 2.96. The van der Waals surface area contributed by atoms with Gasteiger partial charge in [-0.15, -0.1) is 0 Å². The maximum atomic E-state index is 5.53. The topological polar surface area (TPSA) is 30.5 Å². The van der Waals surface area contributed by atoms with E-state index in [0.29, 0.717) is 5.92 Å². The zero-order chi connectivity index (χ0) is 10.8. The van der Waals surface area contributed by atoms with Crippen molar-refractivity contribution in [2.24, 2.45) is 5.92 Å². The van der Waals surface area contributed by atoms with Gasteiger partial charge in [-0.3, -0.25) is 0 Å². The Kier molecular flexibility index (Phi) is 2.82. The lowest BCUT2D eigenvalue weighted by atomic mass is 9.91. The quantitative estimate of drug-likeness (QED) is 0.808. The van der Waals surface area contributed by atoms with Crippen molar-refractivity contribution in [3.63, 3.8) is 0 Å². The highest BCUT2D eigenvalue weighted by atomic mass is 16.5. The molecule has 1 aromatic carbocycles. The van der Waals surface area contributed by atoms with E-state index in [1.165, 1.54) is 5.56 Å². The van der Waals surface area contributed by atoms with E-state index in [0.717, 1.165) is 18.0 Å². The van der Waals surface area contributed by atoms with Crippen LogP contribution in [0.1, 0.15) is 18.6 Å². The van der Waals surface area contributed by atoms with E-state index in [2.05, 4.69) is 18.3 Å². The summed E-state index contributed by atoms with van der Waals surface area (Å²) in [5.74, 6) is 1.37. The monoisotopic (exact) mass is 207 g/mol. The van der Waals surface area contributed by atoms with Crippen molar-refractivity contribution in [3.8, 4) is 5.75 Å². The van der Waals surface area contributed by atoms with Gasteiger partial charge in [-0.05, 0) is 6.07 Å². The largest absolute Gasteiger partial charge is 0.495 e. The first-order valence-electron chi connectivity index (χ1n) is 5.21. The van der Waals surface area contributed by atoms with Crippen molar-refractivity contribution in [3.05, 3.63) is 23.8 Å². The molecule has 1 aliphatic heterocycles. The first kappa shape index (κ1) is 10.3. The fraction of sp³-hybridized carbons (Fsp3) is 0.500. The fourth-order valence-corrected chi connectivity index (χ4v) is 2.18. The maximum absolute atomic E-state index is 5.53. The van der Waals surface area contributed by atoms with Crippen LogP contribution in [0.2, 0.25) is 0 Å². The Labute approximate surface area is 90.4 Å². The van der Waals surface area contributed by atoms with Crippen LogP contribution in [-0.4, -0.2) is 20.8 Å². The molecule has 0 bridgehead atoms. The molecule has 15 heavy (non-hydrogen) atoms. The van der Waals surface area contributed by atoms with Crippen molar-refractivity contribution >= 4 is 5.69 Å². The Morgan fingerprint density at radius 3 is 2.80 bits per heavy atom. The number of nitrogens with one attached hydrogen (secondary N) is 1. The van der Waals surface area contributed by atoms with Crippen molar-refractivity contribution in [2.75, 3.05) is 26.1 Å². The molecule has 0 saturated heterocycles. The minimum atomic E-state index is 0.163. The van der Waals surface area contributed by atoms with Gasteiger partial charge in [0.25, 0.3) is 0 Å². The minimum absolute atomic E-state index is 0.163. The molecule has 2 rings (SSSR count). The molecule has 0 fully saturated rings. The molecule has 0 aliphatic carbocycles. The summed E-state index contributed by atoms with van der Waals surface area (Å²) in [5, 5.41) is 3.39. The molecule has 0 aromatic heterocycles. The van der Waals surface area contributed by atoms with Crippen LogP contribution in [0.5, 0.6) is 5.75 Å². The number of fused-ring (bicyclic) bond motifs is 1. The second-order valence-corrected chi connectivity index (χ2v) is 3.94. The maximum Gasteiger partial charge on any atom is 0.142 e. The molecule has 1 heterocycles. The van der Waals surface area contributed by atoms with E-state index in [1.807, 2.05) is 12.1 Å². The van der Waals surface area contributed by atoms with E-state index in [4.69, 9.17) is 9.47 Å². The standard InChI is InChI=1S/C12H17NO2/c1-8-7-13-11-9(12(8)15-3)5-4-6-10(11)14-2/h4-6,8,12-13H,7H2,1-3H3. The van der Waals surface area contributed by atoms with Crippen molar-refractivity contribution < 1.29 is 9.47 Å². The first-order chi connectivity index (χ1) is 7.27. The Morgan fingerprint density at radius 1 is 1.33 bits per heavy atom. The van der Waals surface area contributed by atoms with E-state index < -0.39 is 0 Å². The highest BCUT2D eigenvalue weighted by Gasteiger charge is 2.27. The van der Waals surface area contributed by atoms with Gasteiger partial charge in [0.1, 0.15) is 5.75 Å². The number of anilines is 1. The SMILES string of the molecule is COc1cccc2c1NCC(C)C2OC. The Morgan fingerprint density at radius 2 is 2.13 bits per heavy atom. The third kappa shape index (κ3) is 1.67. The number of methoxy groups -OCH3 is 2. The summed E-state index contributed by atoms with van der Waals surface area (Å²) in [5.41, 5.74) is 2.26. The predicted octanol–water partition coefficient (Wildman–Crippen LogP) is 2.44. The van der Waals surface area contributed by atoms with Gasteiger partial charge in [-0.2, -0.15) is 0 Å². The number of hydrogen-bond acceptors (Lipinski definition) is 3. The predicted molar refractivity (Wildman–Crippen MR) is 60.4 cm³/mol. The number of hydrogen-bond donors (Lipinski definition) is 1. The second kappa shape index (κ2) is 4.11. The minimum Gasteiger partial charge on any atom is -0.495 e. The average molecular weight is 207 g/mol. The van der Waals surface area contributed by atoms with Gasteiger partial charge in [0.05, 0.1) is 18.9 Å². The lowest BCUT2D eigenvalue weighted by Gasteiger charge is -2.32. The van der Waals surface area contributed by atoms with Crippen molar-refractivity contribution in [2.45, 2.75) is 13.0 Å². The highest BCUT2D eigenvalue weighted by Crippen LogP contribution is 2.40. The van der Waals surface area contributed by atoms with E-state index >= 15 is 0 Å². The number of para-hydroxylation sites is 1. The van der Waals surface area contributed by atoms with Crippen LogP contribution < -0.4 is 10.1 Å². The Hall–Kier alpha value is -1.22. The molecule has 0 saturated carbocycles. The van der Waals surface area contributed by atoms with Gasteiger partial charge in [0, 0.05) is 25.1 Å². The van der Waals surface area contributed by atoms with Crippen LogP contribution in [0.3, 0.4) is 0 Å². The zero-order valence-electron chi connectivity index (χ0n) is 9.41. The van der Waals surface area contributed by atoms with E-state index in [9.17, 15) is 0 Å². The van der Waals surface area contributed by atoms with Crippen molar-refractivity contribution in [1.29, 1.82) is 0 Å². The third-order valence-electron chi connectivity index (χ3n) is 2.96. The molecule has 1 N–H and O–H groups in total. The van der Waals surface area contributed by atoms with Crippen LogP contribution in [0.4, 0.5) is 5.69 Å². The summed E-state index contributed by atoms with van der Waals surface area (Å²) >= 11 is 0. The molecule has 0 radical (unpaired) electrons. The summed E-state index contributed by atoms with van der Waals surface area (Å²) in [6, 6.07) is 6.06. The van der Waals surface area contributed by atoms with Gasteiger partial charge in [-0.1, -0.05) is 19.1 Å². The summed E-state index contributed by atoms with van der Waals surface area (Å²) in [4.78, 5) is 0. The molecular formula is C12H17NO2. The summed E-state index contributed by atoms with van der Waals surface area (Å²) in [7, 11) is 3.45. The van der Waals surface area contributed by atoms with Gasteiger partial charge in [0.15, 0.2) is 0 Å². The van der Waals surface area contributed by atoms with Gasteiger partial charge >= 0.3 is 0 Å². The molecule has 82 valence electrons. The molecule has 3 nitrogen and oxygen atoms in total. The molecule has 0 amide bonds. The van der Waals surface area contributed by atoms with Gasteiger partial charge in [0.2, 0.25) is 0 Å². The van der Waals surface area contributed by atoms with Crippen LogP contribution in [0, 0.1) is 5.92 Å². The van der Waals surface area contributed by atoms with Crippen LogP contribution in [0.15, 0.2) is 18.2 Å². The molecule has 1 aromatic rings. The first-order valence-corrected chi connectivity index (χ1v) is 5.21.